The molecule has 1 atom stereocenters. The first-order valence-corrected chi connectivity index (χ1v) is 10.4. The number of carbonyl (C=O) groups excluding carboxylic acids is 1. The second-order valence-corrected chi connectivity index (χ2v) is 7.69. The van der Waals surface area contributed by atoms with Crippen LogP contribution < -0.4 is 10.2 Å². The number of morpholine rings is 1. The largest absolute Gasteiger partial charge is 0.459 e. The van der Waals surface area contributed by atoms with Crippen LogP contribution in [0.15, 0.2) is 41.1 Å². The third-order valence-corrected chi connectivity index (χ3v) is 5.49. The van der Waals surface area contributed by atoms with Crippen LogP contribution in [0.25, 0.3) is 0 Å². The zero-order chi connectivity index (χ0) is 20.8. The van der Waals surface area contributed by atoms with E-state index >= 15 is 0 Å². The van der Waals surface area contributed by atoms with E-state index in [1.807, 2.05) is 12.1 Å². The fourth-order valence-corrected chi connectivity index (χ4v) is 3.84. The fourth-order valence-electron chi connectivity index (χ4n) is 3.84. The predicted molar refractivity (Wildman–Crippen MR) is 113 cm³/mol. The van der Waals surface area contributed by atoms with Gasteiger partial charge in [-0.15, -0.1) is 0 Å². The zero-order valence-electron chi connectivity index (χ0n) is 17.1. The van der Waals surface area contributed by atoms with Crippen LogP contribution in [-0.2, 0) is 4.74 Å². The summed E-state index contributed by atoms with van der Waals surface area (Å²) in [4.78, 5) is 23.3. The smallest absolute Gasteiger partial charge is 0.291 e. The molecule has 2 aliphatic heterocycles. The van der Waals surface area contributed by atoms with E-state index in [9.17, 15) is 9.90 Å². The molecule has 9 nitrogen and oxygen atoms in total. The summed E-state index contributed by atoms with van der Waals surface area (Å²) in [6.07, 6.45) is 2.79. The van der Waals surface area contributed by atoms with Crippen molar-refractivity contribution in [2.45, 2.75) is 6.10 Å². The van der Waals surface area contributed by atoms with Gasteiger partial charge < -0.3 is 24.5 Å². The van der Waals surface area contributed by atoms with Crippen molar-refractivity contribution in [1.82, 2.24) is 14.8 Å². The number of aliphatic hydroxyl groups is 1. The lowest BCUT2D eigenvalue weighted by Gasteiger charge is -2.37. The van der Waals surface area contributed by atoms with Crippen LogP contribution in [0.5, 0.6) is 0 Å². The van der Waals surface area contributed by atoms with E-state index < -0.39 is 0 Å². The molecule has 2 N–H and O–H groups in total. The Balaban J connectivity index is 1.21. The predicted octanol–water partition coefficient (Wildman–Crippen LogP) is 0.742. The second kappa shape index (κ2) is 10.0. The second-order valence-electron chi connectivity index (χ2n) is 7.69. The first kappa shape index (κ1) is 20.8. The van der Waals surface area contributed by atoms with E-state index in [-0.39, 0.29) is 17.8 Å². The van der Waals surface area contributed by atoms with Gasteiger partial charge in [0.15, 0.2) is 5.76 Å². The summed E-state index contributed by atoms with van der Waals surface area (Å²) in [6.45, 7) is 8.19. The summed E-state index contributed by atoms with van der Waals surface area (Å²) in [5.74, 6) is 0.865. The number of nitrogens with zero attached hydrogens (tertiary/aromatic N) is 4. The van der Waals surface area contributed by atoms with E-state index in [1.54, 1.807) is 18.3 Å². The highest BCUT2D eigenvalue weighted by Crippen LogP contribution is 2.17. The molecule has 162 valence electrons. The minimum Gasteiger partial charge on any atom is -0.459 e. The number of piperazine rings is 1. The third kappa shape index (κ3) is 5.57. The summed E-state index contributed by atoms with van der Waals surface area (Å²) in [6, 6.07) is 7.06. The van der Waals surface area contributed by atoms with Crippen molar-refractivity contribution in [3.63, 3.8) is 0 Å². The first-order chi connectivity index (χ1) is 14.7. The number of β-amino-alcohol motifs (C(OH)–C–C–N with tert-alkyl or cyclic N) is 1. The van der Waals surface area contributed by atoms with Gasteiger partial charge in [-0.1, -0.05) is 0 Å². The highest BCUT2D eigenvalue weighted by atomic mass is 16.5. The minimum atomic E-state index is -0.343. The molecule has 4 heterocycles. The van der Waals surface area contributed by atoms with Gasteiger partial charge in [-0.2, -0.15) is 0 Å². The number of carbonyl (C=O) groups is 1. The molecule has 9 heteroatoms. The minimum absolute atomic E-state index is 0.269. The number of nitrogens with one attached hydrogen (secondary N) is 1. The van der Waals surface area contributed by atoms with E-state index in [4.69, 9.17) is 9.15 Å². The summed E-state index contributed by atoms with van der Waals surface area (Å²) in [7, 11) is 0. The number of amides is 1. The normalized spacial score (nSPS) is 19.6. The summed E-state index contributed by atoms with van der Waals surface area (Å²) in [5.41, 5.74) is 0.630. The Morgan fingerprint density at radius 3 is 2.43 bits per heavy atom. The molecule has 1 amide bonds. The number of hydrogen-bond acceptors (Lipinski definition) is 8. The van der Waals surface area contributed by atoms with Gasteiger partial charge in [0.1, 0.15) is 5.82 Å². The highest BCUT2D eigenvalue weighted by molar-refractivity contribution is 6.02. The number of pyridine rings is 1. The van der Waals surface area contributed by atoms with E-state index in [0.717, 1.165) is 58.3 Å². The highest BCUT2D eigenvalue weighted by Gasteiger charge is 2.22. The average molecular weight is 415 g/mol. The van der Waals surface area contributed by atoms with Crippen LogP contribution >= 0.6 is 0 Å². The zero-order valence-corrected chi connectivity index (χ0v) is 17.1. The maximum atomic E-state index is 12.0. The van der Waals surface area contributed by atoms with Crippen LogP contribution in [0.2, 0.25) is 0 Å². The van der Waals surface area contributed by atoms with E-state index in [2.05, 4.69) is 25.0 Å². The van der Waals surface area contributed by atoms with Crippen molar-refractivity contribution in [3.8, 4) is 0 Å². The molecule has 4 rings (SSSR count). The first-order valence-electron chi connectivity index (χ1n) is 10.4. The fraction of sp³-hybridized carbons (Fsp3) is 0.524. The van der Waals surface area contributed by atoms with Crippen molar-refractivity contribution in [2.75, 3.05) is 75.8 Å². The van der Waals surface area contributed by atoms with E-state index in [1.165, 1.54) is 6.26 Å². The molecule has 30 heavy (non-hydrogen) atoms. The number of rotatable bonds is 7. The van der Waals surface area contributed by atoms with Crippen LogP contribution in [0.4, 0.5) is 11.5 Å². The number of anilines is 2. The Bertz CT molecular complexity index is 784. The lowest BCUT2D eigenvalue weighted by Crippen LogP contribution is -2.51. The average Bonchev–Trinajstić information content (AvgIpc) is 3.31. The number of aromatic nitrogens is 1. The molecule has 0 spiro atoms. The molecule has 2 aromatic rings. The lowest BCUT2D eigenvalue weighted by atomic mass is 10.2. The van der Waals surface area contributed by atoms with Gasteiger partial charge >= 0.3 is 0 Å². The van der Waals surface area contributed by atoms with Gasteiger partial charge in [-0.25, -0.2) is 4.98 Å². The molecule has 2 saturated heterocycles. The third-order valence-electron chi connectivity index (χ3n) is 5.49. The Kier molecular flexibility index (Phi) is 6.96. The molecule has 0 aromatic carbocycles. The van der Waals surface area contributed by atoms with Crippen LogP contribution in [0.1, 0.15) is 10.6 Å². The van der Waals surface area contributed by atoms with Crippen molar-refractivity contribution in [3.05, 3.63) is 42.5 Å². The molecule has 0 bridgehead atoms. The van der Waals surface area contributed by atoms with Crippen LogP contribution in [-0.4, -0.2) is 97.5 Å². The van der Waals surface area contributed by atoms with Crippen LogP contribution in [0.3, 0.4) is 0 Å². The molecule has 2 aliphatic rings. The Labute approximate surface area is 176 Å². The maximum Gasteiger partial charge on any atom is 0.291 e. The van der Waals surface area contributed by atoms with Gasteiger partial charge in [0, 0.05) is 52.4 Å². The molecule has 0 radical (unpaired) electrons. The Morgan fingerprint density at radius 1 is 1.07 bits per heavy atom. The SMILES string of the molecule is O=C(Nc1ccc(N2CCN(CC(O)CN3CCOCC3)CC2)nc1)c1ccco1. The number of hydrogen-bond donors (Lipinski definition) is 2. The van der Waals surface area contributed by atoms with Crippen molar-refractivity contribution in [2.24, 2.45) is 0 Å². The summed E-state index contributed by atoms with van der Waals surface area (Å²) < 4.78 is 10.5. The molecule has 0 aliphatic carbocycles. The Morgan fingerprint density at radius 2 is 1.80 bits per heavy atom. The maximum absolute atomic E-state index is 12.0. The lowest BCUT2D eigenvalue weighted by molar-refractivity contribution is 0.00655. The van der Waals surface area contributed by atoms with Gasteiger partial charge in [0.05, 0.1) is 37.5 Å². The number of ether oxygens (including phenoxy) is 1. The quantitative estimate of drug-likeness (QED) is 0.684. The van der Waals surface area contributed by atoms with Gasteiger partial charge in [-0.05, 0) is 24.3 Å². The van der Waals surface area contributed by atoms with E-state index in [0.29, 0.717) is 18.8 Å². The van der Waals surface area contributed by atoms with Crippen molar-refractivity contribution >= 4 is 17.4 Å². The monoisotopic (exact) mass is 415 g/mol. The molecular formula is C21H29N5O4. The number of aliphatic hydroxyl groups excluding tert-OH is 1. The molecule has 2 fully saturated rings. The molecule has 2 aromatic heterocycles. The summed E-state index contributed by atoms with van der Waals surface area (Å²) in [5, 5.41) is 13.2. The van der Waals surface area contributed by atoms with Crippen molar-refractivity contribution in [1.29, 1.82) is 0 Å². The topological polar surface area (TPSA) is 94.3 Å². The molecule has 1 unspecified atom stereocenters. The summed E-state index contributed by atoms with van der Waals surface area (Å²) >= 11 is 0. The molecule has 0 saturated carbocycles. The van der Waals surface area contributed by atoms with Crippen LogP contribution in [0, 0.1) is 0 Å². The standard InChI is InChI=1S/C21H29N5O4/c27-18(16-25-9-12-29-13-10-25)15-24-5-7-26(8-6-24)20-4-3-17(14-22-20)23-21(28)19-2-1-11-30-19/h1-4,11,14,18,27H,5-10,12-13,15-16H2,(H,23,28). The molecular weight excluding hydrogens is 386 g/mol. The van der Waals surface area contributed by atoms with Gasteiger partial charge in [0.2, 0.25) is 0 Å². The number of furan rings is 1. The van der Waals surface area contributed by atoms with Gasteiger partial charge in [-0.3, -0.25) is 14.6 Å². The Hall–Kier alpha value is -2.46. The van der Waals surface area contributed by atoms with Gasteiger partial charge in [0.25, 0.3) is 5.91 Å². The van der Waals surface area contributed by atoms with Crippen molar-refractivity contribution < 1.29 is 19.1 Å².